The number of nitrogens with one attached hydrogen (secondary N) is 1. The van der Waals surface area contributed by atoms with Gasteiger partial charge in [-0.1, -0.05) is 6.92 Å². The van der Waals surface area contributed by atoms with Gasteiger partial charge in [0.1, 0.15) is 10.6 Å². The second kappa shape index (κ2) is 7.39. The lowest BCUT2D eigenvalue weighted by Crippen LogP contribution is -2.33. The molecule has 1 aliphatic rings. The van der Waals surface area contributed by atoms with Crippen LogP contribution in [0.3, 0.4) is 0 Å². The van der Waals surface area contributed by atoms with Crippen LogP contribution in [0.2, 0.25) is 0 Å². The van der Waals surface area contributed by atoms with Crippen molar-refractivity contribution in [3.05, 3.63) is 46.7 Å². The molecule has 3 aromatic heterocycles. The van der Waals surface area contributed by atoms with Crippen molar-refractivity contribution >= 4 is 54.5 Å². The van der Waals surface area contributed by atoms with Crippen molar-refractivity contribution in [2.75, 3.05) is 25.0 Å². The molecule has 1 aliphatic heterocycles. The number of benzene rings is 1. The SMILES string of the molecule is CCN1CCCC(c2cc3c(Nc4cc5ncsc5cc4F)ccnc3s2)C1. The zero-order chi connectivity index (χ0) is 19.1. The maximum atomic E-state index is 14.6. The molecule has 4 heterocycles. The summed E-state index contributed by atoms with van der Waals surface area (Å²) < 4.78 is 15.4. The lowest BCUT2D eigenvalue weighted by molar-refractivity contribution is 0.219. The van der Waals surface area contributed by atoms with Gasteiger partial charge in [0.15, 0.2) is 0 Å². The maximum absolute atomic E-state index is 14.6. The fourth-order valence-electron chi connectivity index (χ4n) is 3.96. The van der Waals surface area contributed by atoms with E-state index in [0.717, 1.165) is 39.2 Å². The molecular formula is C21H21FN4S2. The van der Waals surface area contributed by atoms with Gasteiger partial charge in [0, 0.05) is 28.9 Å². The molecule has 1 atom stereocenters. The number of halogens is 1. The Morgan fingerprint density at radius 2 is 2.18 bits per heavy atom. The Balaban J connectivity index is 1.49. The van der Waals surface area contributed by atoms with E-state index in [1.54, 1.807) is 35.2 Å². The first-order valence-electron chi connectivity index (χ1n) is 9.62. The Morgan fingerprint density at radius 3 is 3.07 bits per heavy atom. The van der Waals surface area contributed by atoms with Crippen molar-refractivity contribution in [2.45, 2.75) is 25.7 Å². The van der Waals surface area contributed by atoms with E-state index < -0.39 is 0 Å². The first-order valence-corrected chi connectivity index (χ1v) is 11.3. The molecule has 7 heteroatoms. The van der Waals surface area contributed by atoms with Gasteiger partial charge in [-0.3, -0.25) is 0 Å². The Hall–Kier alpha value is -2.09. The summed E-state index contributed by atoms with van der Waals surface area (Å²) in [5.41, 5.74) is 3.90. The topological polar surface area (TPSA) is 41.0 Å². The number of rotatable bonds is 4. The highest BCUT2D eigenvalue weighted by atomic mass is 32.1. The van der Waals surface area contributed by atoms with E-state index in [0.29, 0.717) is 11.6 Å². The predicted octanol–water partition coefficient (Wildman–Crippen LogP) is 5.99. The maximum Gasteiger partial charge on any atom is 0.148 e. The zero-order valence-electron chi connectivity index (χ0n) is 15.6. The Kier molecular flexibility index (Phi) is 4.74. The van der Waals surface area contributed by atoms with Crippen molar-refractivity contribution in [1.29, 1.82) is 0 Å². The summed E-state index contributed by atoms with van der Waals surface area (Å²) in [6, 6.07) is 7.50. The first kappa shape index (κ1) is 18.0. The number of aromatic nitrogens is 2. The predicted molar refractivity (Wildman–Crippen MR) is 117 cm³/mol. The normalized spacial score (nSPS) is 18.1. The summed E-state index contributed by atoms with van der Waals surface area (Å²) >= 11 is 3.22. The van der Waals surface area contributed by atoms with Crippen LogP contribution in [-0.4, -0.2) is 34.5 Å². The fraction of sp³-hybridized carbons (Fsp3) is 0.333. The van der Waals surface area contributed by atoms with Crippen LogP contribution in [0, 0.1) is 5.82 Å². The van der Waals surface area contributed by atoms with Crippen LogP contribution in [0.25, 0.3) is 20.4 Å². The van der Waals surface area contributed by atoms with Crippen molar-refractivity contribution in [3.63, 3.8) is 0 Å². The van der Waals surface area contributed by atoms with Gasteiger partial charge in [-0.15, -0.1) is 22.7 Å². The lowest BCUT2D eigenvalue weighted by Gasteiger charge is -2.31. The standard InChI is InChI=1S/C21H21FN4S2/c1-2-26-7-3-4-13(11-26)19-8-14-16(5-6-23-21(14)28-19)25-17-10-18-20(9-15(17)22)27-12-24-18/h5-6,8-10,12-13H,2-4,7,11H2,1H3,(H,23,25). The number of thiazole rings is 1. The quantitative estimate of drug-likeness (QED) is 0.447. The molecular weight excluding hydrogens is 391 g/mol. The Morgan fingerprint density at radius 1 is 1.25 bits per heavy atom. The summed E-state index contributed by atoms with van der Waals surface area (Å²) in [6.07, 6.45) is 4.26. The first-order chi connectivity index (χ1) is 13.7. The van der Waals surface area contributed by atoms with Crippen LogP contribution >= 0.6 is 22.7 Å². The van der Waals surface area contributed by atoms with Crippen LogP contribution in [0.1, 0.15) is 30.6 Å². The number of fused-ring (bicyclic) bond motifs is 2. The molecule has 0 spiro atoms. The molecule has 1 aromatic carbocycles. The van der Waals surface area contributed by atoms with E-state index in [4.69, 9.17) is 0 Å². The summed E-state index contributed by atoms with van der Waals surface area (Å²) in [5, 5.41) is 4.34. The number of nitrogens with zero attached hydrogens (tertiary/aromatic N) is 3. The molecule has 144 valence electrons. The van der Waals surface area contributed by atoms with Gasteiger partial charge in [0.2, 0.25) is 0 Å². The Bertz CT molecular complexity index is 1140. The summed E-state index contributed by atoms with van der Waals surface area (Å²) in [6.45, 7) is 5.64. The van der Waals surface area contributed by atoms with Gasteiger partial charge < -0.3 is 10.2 Å². The molecule has 0 saturated carbocycles. The average molecular weight is 413 g/mol. The van der Waals surface area contributed by atoms with E-state index in [2.05, 4.69) is 33.2 Å². The van der Waals surface area contributed by atoms with Gasteiger partial charge in [0.05, 0.1) is 27.1 Å². The highest BCUT2D eigenvalue weighted by Gasteiger charge is 2.23. The second-order valence-electron chi connectivity index (χ2n) is 7.24. The van der Waals surface area contributed by atoms with Gasteiger partial charge >= 0.3 is 0 Å². The van der Waals surface area contributed by atoms with Crippen LogP contribution in [-0.2, 0) is 0 Å². The average Bonchev–Trinajstić information content (AvgIpc) is 3.35. The van der Waals surface area contributed by atoms with Gasteiger partial charge in [-0.05, 0) is 50.2 Å². The van der Waals surface area contributed by atoms with Crippen molar-refractivity contribution in [2.24, 2.45) is 0 Å². The summed E-state index contributed by atoms with van der Waals surface area (Å²) in [4.78, 5) is 13.8. The molecule has 1 unspecified atom stereocenters. The minimum atomic E-state index is -0.261. The third kappa shape index (κ3) is 3.27. The number of piperidine rings is 1. The van der Waals surface area contributed by atoms with Gasteiger partial charge in [-0.2, -0.15) is 0 Å². The molecule has 0 bridgehead atoms. The molecule has 1 N–H and O–H groups in total. The minimum absolute atomic E-state index is 0.261. The molecule has 1 saturated heterocycles. The number of hydrogen-bond donors (Lipinski definition) is 1. The van der Waals surface area contributed by atoms with Crippen LogP contribution in [0.5, 0.6) is 0 Å². The van der Waals surface area contributed by atoms with E-state index in [1.807, 2.05) is 6.07 Å². The molecule has 4 aromatic rings. The van der Waals surface area contributed by atoms with E-state index in [9.17, 15) is 4.39 Å². The molecule has 0 aliphatic carbocycles. The van der Waals surface area contributed by atoms with E-state index >= 15 is 0 Å². The van der Waals surface area contributed by atoms with Crippen molar-refractivity contribution in [3.8, 4) is 0 Å². The van der Waals surface area contributed by atoms with Crippen molar-refractivity contribution < 1.29 is 4.39 Å². The lowest BCUT2D eigenvalue weighted by atomic mass is 9.96. The molecule has 0 radical (unpaired) electrons. The number of likely N-dealkylation sites (N-methyl/N-ethyl adjacent to an activating group) is 1. The third-order valence-corrected chi connectivity index (χ3v) is 7.50. The number of anilines is 2. The summed E-state index contributed by atoms with van der Waals surface area (Å²) in [5.74, 6) is 0.298. The molecule has 1 fully saturated rings. The molecule has 0 amide bonds. The molecule has 28 heavy (non-hydrogen) atoms. The zero-order valence-corrected chi connectivity index (χ0v) is 17.2. The molecule has 5 rings (SSSR count). The molecule has 4 nitrogen and oxygen atoms in total. The number of hydrogen-bond acceptors (Lipinski definition) is 6. The number of likely N-dealkylation sites (tertiary alicyclic amines) is 1. The number of pyridine rings is 1. The smallest absolute Gasteiger partial charge is 0.148 e. The minimum Gasteiger partial charge on any atom is -0.352 e. The Labute approximate surface area is 171 Å². The van der Waals surface area contributed by atoms with Gasteiger partial charge in [-0.25, -0.2) is 14.4 Å². The van der Waals surface area contributed by atoms with Crippen molar-refractivity contribution in [1.82, 2.24) is 14.9 Å². The second-order valence-corrected chi connectivity index (χ2v) is 9.18. The summed E-state index contributed by atoms with van der Waals surface area (Å²) in [7, 11) is 0. The van der Waals surface area contributed by atoms with Crippen LogP contribution in [0.4, 0.5) is 15.8 Å². The fourth-order valence-corrected chi connectivity index (χ4v) is 5.80. The monoisotopic (exact) mass is 412 g/mol. The van der Waals surface area contributed by atoms with Crippen LogP contribution in [0.15, 0.2) is 36.0 Å². The van der Waals surface area contributed by atoms with E-state index in [1.165, 1.54) is 35.6 Å². The largest absolute Gasteiger partial charge is 0.352 e. The highest BCUT2D eigenvalue weighted by Crippen LogP contribution is 2.38. The third-order valence-electron chi connectivity index (χ3n) is 5.50. The van der Waals surface area contributed by atoms with Crippen LogP contribution < -0.4 is 5.32 Å². The number of thiophene rings is 1. The van der Waals surface area contributed by atoms with Gasteiger partial charge in [0.25, 0.3) is 0 Å². The highest BCUT2D eigenvalue weighted by molar-refractivity contribution is 7.18. The van der Waals surface area contributed by atoms with E-state index in [-0.39, 0.29) is 5.82 Å².